The van der Waals surface area contributed by atoms with Gasteiger partial charge in [-0.1, -0.05) is 6.92 Å². The lowest BCUT2D eigenvalue weighted by atomic mass is 9.98. The zero-order chi connectivity index (χ0) is 10.4. The largest absolute Gasteiger partial charge is 0.144 e. The van der Waals surface area contributed by atoms with Crippen LogP contribution in [0, 0.1) is 17.8 Å². The van der Waals surface area contributed by atoms with E-state index in [4.69, 9.17) is 11.6 Å². The summed E-state index contributed by atoms with van der Waals surface area (Å²) in [7, 11) is 0. The van der Waals surface area contributed by atoms with Gasteiger partial charge in [-0.05, 0) is 55.6 Å². The zero-order valence-electron chi connectivity index (χ0n) is 9.08. The van der Waals surface area contributed by atoms with Crippen molar-refractivity contribution in [2.45, 2.75) is 38.0 Å². The highest BCUT2D eigenvalue weighted by Crippen LogP contribution is 2.58. The first kappa shape index (κ1) is 10.2. The summed E-state index contributed by atoms with van der Waals surface area (Å²) in [6, 6.07) is 4.48. The Balaban J connectivity index is 1.70. The summed E-state index contributed by atoms with van der Waals surface area (Å²) in [6.45, 7) is 2.21. The van der Waals surface area contributed by atoms with Gasteiger partial charge in [0.15, 0.2) is 0 Å². The number of aryl methyl sites for hydroxylation is 1. The van der Waals surface area contributed by atoms with E-state index in [1.807, 2.05) is 11.3 Å². The molecule has 15 heavy (non-hydrogen) atoms. The van der Waals surface area contributed by atoms with E-state index in [-0.39, 0.29) is 0 Å². The minimum atomic E-state index is 0.295. The molecule has 2 saturated carbocycles. The zero-order valence-corrected chi connectivity index (χ0v) is 10.7. The van der Waals surface area contributed by atoms with E-state index in [1.165, 1.54) is 29.0 Å². The van der Waals surface area contributed by atoms with Crippen LogP contribution in [0.1, 0.15) is 41.3 Å². The lowest BCUT2D eigenvalue weighted by molar-refractivity contribution is 0.475. The van der Waals surface area contributed by atoms with Crippen LogP contribution in [0.5, 0.6) is 0 Å². The molecule has 1 aromatic rings. The van der Waals surface area contributed by atoms with E-state index in [1.54, 1.807) is 0 Å². The summed E-state index contributed by atoms with van der Waals surface area (Å²) >= 11 is 8.49. The van der Waals surface area contributed by atoms with Crippen LogP contribution in [0.2, 0.25) is 0 Å². The molecule has 0 radical (unpaired) electrons. The van der Waals surface area contributed by atoms with Crippen LogP contribution in [0.3, 0.4) is 0 Å². The van der Waals surface area contributed by atoms with E-state index in [2.05, 4.69) is 19.1 Å². The van der Waals surface area contributed by atoms with E-state index in [0.717, 1.165) is 24.2 Å². The predicted molar refractivity (Wildman–Crippen MR) is 66.6 cm³/mol. The van der Waals surface area contributed by atoms with Gasteiger partial charge in [0.05, 0.1) is 5.38 Å². The average molecular weight is 241 g/mol. The molecule has 0 nitrogen and oxygen atoms in total. The van der Waals surface area contributed by atoms with Crippen LogP contribution in [0.25, 0.3) is 0 Å². The summed E-state index contributed by atoms with van der Waals surface area (Å²) in [4.78, 5) is 2.87. The van der Waals surface area contributed by atoms with Crippen molar-refractivity contribution in [2.24, 2.45) is 17.8 Å². The molecule has 1 aromatic heterocycles. The molecule has 2 aliphatic rings. The van der Waals surface area contributed by atoms with Gasteiger partial charge in [-0.15, -0.1) is 22.9 Å². The molecule has 1 heterocycles. The first-order chi connectivity index (χ1) is 7.28. The van der Waals surface area contributed by atoms with Crippen LogP contribution in [-0.4, -0.2) is 0 Å². The topological polar surface area (TPSA) is 0 Å². The van der Waals surface area contributed by atoms with Gasteiger partial charge in [-0.2, -0.15) is 0 Å². The van der Waals surface area contributed by atoms with Gasteiger partial charge in [0, 0.05) is 9.75 Å². The fourth-order valence-corrected chi connectivity index (χ4v) is 4.40. The molecule has 82 valence electrons. The van der Waals surface area contributed by atoms with Gasteiger partial charge in [0.2, 0.25) is 0 Å². The highest BCUT2D eigenvalue weighted by atomic mass is 35.5. The second-order valence-corrected chi connectivity index (χ2v) is 6.72. The second-order valence-electron chi connectivity index (χ2n) is 5.05. The molecule has 0 spiro atoms. The average Bonchev–Trinajstić information content (AvgIpc) is 2.73. The molecule has 0 saturated heterocycles. The Labute approximate surface area is 101 Å². The lowest BCUT2D eigenvalue weighted by Gasteiger charge is -2.16. The van der Waals surface area contributed by atoms with Crippen molar-refractivity contribution in [3.05, 3.63) is 21.9 Å². The fourth-order valence-electron chi connectivity index (χ4n) is 2.97. The Hall–Kier alpha value is -0.0100. The standard InChI is InChI=1S/C13H17ClS/c1-2-11-3-4-12(15-11)13(14)10-6-8-5-9(8)7-10/h3-4,8-10,13H,2,5-7H2,1H3. The summed E-state index contributed by atoms with van der Waals surface area (Å²) < 4.78 is 0. The smallest absolute Gasteiger partial charge is 0.0707 e. The molecule has 0 aliphatic heterocycles. The van der Waals surface area contributed by atoms with Gasteiger partial charge in [0.1, 0.15) is 0 Å². The maximum absolute atomic E-state index is 6.58. The quantitative estimate of drug-likeness (QED) is 0.676. The van der Waals surface area contributed by atoms with Crippen LogP contribution in [0.4, 0.5) is 0 Å². The van der Waals surface area contributed by atoms with E-state index >= 15 is 0 Å². The van der Waals surface area contributed by atoms with Gasteiger partial charge in [0.25, 0.3) is 0 Å². The van der Waals surface area contributed by atoms with Crippen molar-refractivity contribution < 1.29 is 0 Å². The molecule has 0 bridgehead atoms. The summed E-state index contributed by atoms with van der Waals surface area (Å²) in [5.74, 6) is 2.85. The highest BCUT2D eigenvalue weighted by Gasteiger charge is 2.47. The lowest BCUT2D eigenvalue weighted by Crippen LogP contribution is -2.04. The molecule has 2 aliphatic carbocycles. The van der Waals surface area contributed by atoms with Gasteiger partial charge >= 0.3 is 0 Å². The first-order valence-electron chi connectivity index (χ1n) is 6.00. The second kappa shape index (κ2) is 3.78. The molecule has 3 unspecified atom stereocenters. The third-order valence-electron chi connectivity index (χ3n) is 4.00. The van der Waals surface area contributed by atoms with Crippen LogP contribution >= 0.6 is 22.9 Å². The number of rotatable bonds is 3. The molecular formula is C13H17ClS. The number of halogens is 1. The first-order valence-corrected chi connectivity index (χ1v) is 7.26. The Bertz CT molecular complexity index is 347. The van der Waals surface area contributed by atoms with Crippen molar-refractivity contribution in [1.82, 2.24) is 0 Å². The molecule has 0 N–H and O–H groups in total. The Morgan fingerprint density at radius 2 is 2.07 bits per heavy atom. The van der Waals surface area contributed by atoms with Crippen molar-refractivity contribution >= 4 is 22.9 Å². The number of thiophene rings is 1. The summed E-state index contributed by atoms with van der Waals surface area (Å²) in [6.07, 6.45) is 5.41. The van der Waals surface area contributed by atoms with Crippen molar-refractivity contribution in [3.63, 3.8) is 0 Å². The van der Waals surface area contributed by atoms with Crippen molar-refractivity contribution in [3.8, 4) is 0 Å². The third-order valence-corrected chi connectivity index (χ3v) is 6.03. The van der Waals surface area contributed by atoms with E-state index < -0.39 is 0 Å². The number of hydrogen-bond acceptors (Lipinski definition) is 1. The molecule has 3 atom stereocenters. The van der Waals surface area contributed by atoms with Crippen LogP contribution < -0.4 is 0 Å². The predicted octanol–water partition coefficient (Wildman–Crippen LogP) is 4.64. The SMILES string of the molecule is CCc1ccc(C(Cl)C2CC3CC3C2)s1. The molecule has 0 amide bonds. The Kier molecular flexibility index (Phi) is 2.56. The Morgan fingerprint density at radius 1 is 1.33 bits per heavy atom. The molecule has 3 rings (SSSR count). The molecule has 2 heteroatoms. The molecule has 2 fully saturated rings. The molecular weight excluding hydrogens is 224 g/mol. The molecule has 0 aromatic carbocycles. The number of alkyl halides is 1. The van der Waals surface area contributed by atoms with Gasteiger partial charge in [-0.3, -0.25) is 0 Å². The van der Waals surface area contributed by atoms with Gasteiger partial charge < -0.3 is 0 Å². The van der Waals surface area contributed by atoms with E-state index in [0.29, 0.717) is 5.38 Å². The maximum atomic E-state index is 6.58. The Morgan fingerprint density at radius 3 is 2.67 bits per heavy atom. The van der Waals surface area contributed by atoms with Gasteiger partial charge in [-0.25, -0.2) is 0 Å². The number of fused-ring (bicyclic) bond motifs is 1. The maximum Gasteiger partial charge on any atom is 0.0707 e. The normalized spacial score (nSPS) is 35.2. The van der Waals surface area contributed by atoms with E-state index in [9.17, 15) is 0 Å². The van der Waals surface area contributed by atoms with Crippen molar-refractivity contribution in [1.29, 1.82) is 0 Å². The van der Waals surface area contributed by atoms with Crippen molar-refractivity contribution in [2.75, 3.05) is 0 Å². The minimum absolute atomic E-state index is 0.295. The number of hydrogen-bond donors (Lipinski definition) is 0. The summed E-state index contributed by atoms with van der Waals surface area (Å²) in [5, 5.41) is 0.295. The third kappa shape index (κ3) is 1.85. The summed E-state index contributed by atoms with van der Waals surface area (Å²) in [5.41, 5.74) is 0. The fraction of sp³-hybridized carbons (Fsp3) is 0.692. The monoisotopic (exact) mass is 240 g/mol. The minimum Gasteiger partial charge on any atom is -0.144 e. The van der Waals surface area contributed by atoms with Crippen LogP contribution in [0.15, 0.2) is 12.1 Å². The highest BCUT2D eigenvalue weighted by molar-refractivity contribution is 7.12. The van der Waals surface area contributed by atoms with Crippen LogP contribution in [-0.2, 0) is 6.42 Å².